The molecule has 1 unspecified atom stereocenters. The van der Waals surface area contributed by atoms with Gasteiger partial charge in [-0.15, -0.1) is 12.4 Å². The van der Waals surface area contributed by atoms with E-state index >= 15 is 0 Å². The number of hydrogen-bond acceptors (Lipinski definition) is 3. The van der Waals surface area contributed by atoms with E-state index in [-0.39, 0.29) is 24.4 Å². The van der Waals surface area contributed by atoms with Gasteiger partial charge in [0.1, 0.15) is 0 Å². The SMILES string of the molecule is CSCC[C@H](N)C(=O)NC(CC(C)C)c1ccccc1C.Cl. The fourth-order valence-corrected chi connectivity index (χ4v) is 2.86. The van der Waals surface area contributed by atoms with Crippen LogP contribution in [-0.4, -0.2) is 24.0 Å². The summed E-state index contributed by atoms with van der Waals surface area (Å²) in [6, 6.07) is 7.85. The maximum Gasteiger partial charge on any atom is 0.237 e. The molecule has 0 radical (unpaired) electrons. The fraction of sp³-hybridized carbons (Fsp3) is 0.588. The molecule has 1 aromatic carbocycles. The van der Waals surface area contributed by atoms with Gasteiger partial charge in [0.25, 0.3) is 0 Å². The minimum Gasteiger partial charge on any atom is -0.348 e. The molecule has 0 aliphatic heterocycles. The highest BCUT2D eigenvalue weighted by atomic mass is 35.5. The minimum atomic E-state index is -0.420. The van der Waals surface area contributed by atoms with Gasteiger partial charge in [-0.05, 0) is 48.8 Å². The second-order valence-corrected chi connectivity index (χ2v) is 6.92. The highest BCUT2D eigenvalue weighted by molar-refractivity contribution is 7.98. The van der Waals surface area contributed by atoms with Gasteiger partial charge in [-0.1, -0.05) is 38.1 Å². The highest BCUT2D eigenvalue weighted by Gasteiger charge is 2.21. The minimum absolute atomic E-state index is 0. The smallest absolute Gasteiger partial charge is 0.237 e. The molecule has 1 rings (SSSR count). The van der Waals surface area contributed by atoms with Crippen molar-refractivity contribution in [1.82, 2.24) is 5.32 Å². The lowest BCUT2D eigenvalue weighted by molar-refractivity contribution is -0.123. The summed E-state index contributed by atoms with van der Waals surface area (Å²) in [4.78, 5) is 12.3. The Balaban J connectivity index is 0.00000441. The van der Waals surface area contributed by atoms with Crippen molar-refractivity contribution in [2.24, 2.45) is 11.7 Å². The summed E-state index contributed by atoms with van der Waals surface area (Å²) in [6.07, 6.45) is 3.67. The number of rotatable bonds is 8. The van der Waals surface area contributed by atoms with Crippen LogP contribution >= 0.6 is 24.2 Å². The Morgan fingerprint density at radius 2 is 1.95 bits per heavy atom. The van der Waals surface area contributed by atoms with E-state index in [4.69, 9.17) is 5.73 Å². The average Bonchev–Trinajstić information content (AvgIpc) is 2.44. The summed E-state index contributed by atoms with van der Waals surface area (Å²) in [6.45, 7) is 6.43. The first-order chi connectivity index (χ1) is 9.95. The predicted octanol–water partition coefficient (Wildman–Crippen LogP) is 3.70. The first kappa shape index (κ1) is 21.3. The van der Waals surface area contributed by atoms with E-state index in [1.54, 1.807) is 11.8 Å². The van der Waals surface area contributed by atoms with Crippen LogP contribution in [0.1, 0.15) is 43.9 Å². The largest absolute Gasteiger partial charge is 0.348 e. The molecule has 0 saturated carbocycles. The van der Waals surface area contributed by atoms with E-state index in [0.717, 1.165) is 18.6 Å². The monoisotopic (exact) mass is 344 g/mol. The van der Waals surface area contributed by atoms with E-state index in [2.05, 4.69) is 38.2 Å². The van der Waals surface area contributed by atoms with Crippen LogP contribution in [0.25, 0.3) is 0 Å². The van der Waals surface area contributed by atoms with Gasteiger partial charge >= 0.3 is 0 Å². The summed E-state index contributed by atoms with van der Waals surface area (Å²) in [5.41, 5.74) is 8.37. The Morgan fingerprint density at radius 3 is 2.50 bits per heavy atom. The molecule has 0 spiro atoms. The first-order valence-electron chi connectivity index (χ1n) is 7.56. The van der Waals surface area contributed by atoms with E-state index in [9.17, 15) is 4.79 Å². The molecule has 0 saturated heterocycles. The second-order valence-electron chi connectivity index (χ2n) is 5.94. The third-order valence-corrected chi connectivity index (χ3v) is 4.20. The van der Waals surface area contributed by atoms with Gasteiger partial charge in [-0.3, -0.25) is 4.79 Å². The summed E-state index contributed by atoms with van der Waals surface area (Å²) in [5.74, 6) is 1.38. The van der Waals surface area contributed by atoms with E-state index < -0.39 is 6.04 Å². The zero-order valence-corrected chi connectivity index (χ0v) is 15.6. The third-order valence-electron chi connectivity index (χ3n) is 3.56. The summed E-state index contributed by atoms with van der Waals surface area (Å²) < 4.78 is 0. The molecule has 0 bridgehead atoms. The molecule has 0 aromatic heterocycles. The van der Waals surface area contributed by atoms with Crippen molar-refractivity contribution in [3.63, 3.8) is 0 Å². The molecular weight excluding hydrogens is 316 g/mol. The van der Waals surface area contributed by atoms with Crippen LogP contribution in [0, 0.1) is 12.8 Å². The lowest BCUT2D eigenvalue weighted by Crippen LogP contribution is -2.43. The highest BCUT2D eigenvalue weighted by Crippen LogP contribution is 2.24. The second kappa shape index (κ2) is 10.9. The Morgan fingerprint density at radius 1 is 1.32 bits per heavy atom. The lowest BCUT2D eigenvalue weighted by atomic mass is 9.93. The molecule has 22 heavy (non-hydrogen) atoms. The zero-order chi connectivity index (χ0) is 15.8. The molecule has 0 heterocycles. The summed E-state index contributed by atoms with van der Waals surface area (Å²) >= 11 is 1.72. The van der Waals surface area contributed by atoms with Crippen LogP contribution in [0.3, 0.4) is 0 Å². The molecule has 3 N–H and O–H groups in total. The molecule has 0 fully saturated rings. The maximum atomic E-state index is 12.3. The summed E-state index contributed by atoms with van der Waals surface area (Å²) in [7, 11) is 0. The molecule has 2 atom stereocenters. The van der Waals surface area contributed by atoms with Crippen molar-refractivity contribution in [3.05, 3.63) is 35.4 Å². The van der Waals surface area contributed by atoms with Crippen molar-refractivity contribution in [1.29, 1.82) is 0 Å². The molecule has 0 aliphatic carbocycles. The van der Waals surface area contributed by atoms with Gasteiger partial charge < -0.3 is 11.1 Å². The third kappa shape index (κ3) is 7.03. The van der Waals surface area contributed by atoms with Gasteiger partial charge in [-0.25, -0.2) is 0 Å². The van der Waals surface area contributed by atoms with E-state index in [0.29, 0.717) is 5.92 Å². The van der Waals surface area contributed by atoms with Gasteiger partial charge in [0.2, 0.25) is 5.91 Å². The van der Waals surface area contributed by atoms with Crippen LogP contribution in [0.15, 0.2) is 24.3 Å². The number of nitrogens with two attached hydrogens (primary N) is 1. The standard InChI is InChI=1S/C17H28N2OS.ClH/c1-12(2)11-16(14-8-6-5-7-13(14)3)19-17(20)15(18)9-10-21-4;/h5-8,12,15-16H,9-11,18H2,1-4H3,(H,19,20);1H/t15-,16?;/m0./s1. The van der Waals surface area contributed by atoms with E-state index in [1.807, 2.05) is 18.4 Å². The van der Waals surface area contributed by atoms with Crippen LogP contribution in [0.5, 0.6) is 0 Å². The number of nitrogens with one attached hydrogen (secondary N) is 1. The zero-order valence-electron chi connectivity index (χ0n) is 14.0. The lowest BCUT2D eigenvalue weighted by Gasteiger charge is -2.24. The fourth-order valence-electron chi connectivity index (χ4n) is 2.37. The Hall–Kier alpha value is -0.710. The van der Waals surface area contributed by atoms with Crippen molar-refractivity contribution >= 4 is 30.1 Å². The van der Waals surface area contributed by atoms with Crippen LogP contribution < -0.4 is 11.1 Å². The number of benzene rings is 1. The summed E-state index contributed by atoms with van der Waals surface area (Å²) in [5, 5.41) is 3.14. The first-order valence-corrected chi connectivity index (χ1v) is 8.95. The topological polar surface area (TPSA) is 55.1 Å². The molecule has 3 nitrogen and oxygen atoms in total. The Kier molecular flexibility index (Phi) is 10.6. The van der Waals surface area contributed by atoms with Crippen LogP contribution in [0.2, 0.25) is 0 Å². The van der Waals surface area contributed by atoms with Crippen molar-refractivity contribution < 1.29 is 4.79 Å². The van der Waals surface area contributed by atoms with Gasteiger partial charge in [0.05, 0.1) is 12.1 Å². The van der Waals surface area contributed by atoms with Crippen LogP contribution in [0.4, 0.5) is 0 Å². The number of thioether (sulfide) groups is 1. The molecule has 5 heteroatoms. The maximum absolute atomic E-state index is 12.3. The van der Waals surface area contributed by atoms with Crippen molar-refractivity contribution in [2.45, 2.75) is 45.7 Å². The predicted molar refractivity (Wildman–Crippen MR) is 99.7 cm³/mol. The number of halogens is 1. The molecule has 1 amide bonds. The normalized spacial score (nSPS) is 13.4. The van der Waals surface area contributed by atoms with Crippen molar-refractivity contribution in [3.8, 4) is 0 Å². The Bertz CT molecular complexity index is 454. The average molecular weight is 345 g/mol. The Labute approximate surface area is 145 Å². The molecule has 0 aliphatic rings. The van der Waals surface area contributed by atoms with Gasteiger partial charge in [-0.2, -0.15) is 11.8 Å². The van der Waals surface area contributed by atoms with Gasteiger partial charge in [0.15, 0.2) is 0 Å². The number of hydrogen-bond donors (Lipinski definition) is 2. The molecule has 1 aromatic rings. The number of carbonyl (C=O) groups is 1. The number of aryl methyl sites for hydroxylation is 1. The van der Waals surface area contributed by atoms with E-state index in [1.165, 1.54) is 11.1 Å². The number of amides is 1. The number of carbonyl (C=O) groups excluding carboxylic acids is 1. The molecule has 126 valence electrons. The van der Waals surface area contributed by atoms with Crippen LogP contribution in [-0.2, 0) is 4.79 Å². The van der Waals surface area contributed by atoms with Gasteiger partial charge in [0, 0.05) is 0 Å². The quantitative estimate of drug-likeness (QED) is 0.756. The van der Waals surface area contributed by atoms with Crippen molar-refractivity contribution in [2.75, 3.05) is 12.0 Å². The molecular formula is C17H29ClN2OS.